The van der Waals surface area contributed by atoms with Gasteiger partial charge in [-0.05, 0) is 50.7 Å². The minimum Gasteiger partial charge on any atom is -0.339 e. The zero-order chi connectivity index (χ0) is 20.7. The second-order valence-electron chi connectivity index (χ2n) is 6.49. The van der Waals surface area contributed by atoms with Crippen LogP contribution in [0.3, 0.4) is 0 Å². The van der Waals surface area contributed by atoms with E-state index in [0.717, 1.165) is 5.56 Å². The minimum atomic E-state index is -0.173. The molecule has 0 atom stereocenters. The lowest BCUT2D eigenvalue weighted by Gasteiger charge is -2.19. The Morgan fingerprint density at radius 2 is 1.71 bits per heavy atom. The third-order valence-electron chi connectivity index (χ3n) is 4.33. The average molecular weight is 422 g/mol. The van der Waals surface area contributed by atoms with Crippen molar-refractivity contribution >= 4 is 40.7 Å². The maximum atomic E-state index is 12.5. The number of nitrogens with one attached hydrogen (secondary N) is 1. The van der Waals surface area contributed by atoms with Crippen molar-refractivity contribution in [1.29, 1.82) is 0 Å². The van der Waals surface area contributed by atoms with Crippen molar-refractivity contribution in [2.24, 2.45) is 0 Å². The molecule has 5 nitrogen and oxygen atoms in total. The molecule has 7 heteroatoms. The van der Waals surface area contributed by atoms with Gasteiger partial charge in [0.2, 0.25) is 5.91 Å². The van der Waals surface area contributed by atoms with Gasteiger partial charge in [-0.25, -0.2) is 0 Å². The smallest absolute Gasteiger partial charge is 0.253 e. The van der Waals surface area contributed by atoms with Crippen LogP contribution in [-0.4, -0.2) is 48.3 Å². The molecular formula is C21H25Cl2N3O2. The molecule has 2 aromatic carbocycles. The van der Waals surface area contributed by atoms with Gasteiger partial charge >= 0.3 is 0 Å². The number of hydrogen-bond donors (Lipinski definition) is 1. The lowest BCUT2D eigenvalue weighted by Crippen LogP contribution is -2.31. The van der Waals surface area contributed by atoms with Gasteiger partial charge < -0.3 is 10.2 Å². The maximum absolute atomic E-state index is 12.5. The number of amides is 2. The Morgan fingerprint density at radius 1 is 1.04 bits per heavy atom. The maximum Gasteiger partial charge on any atom is 0.253 e. The van der Waals surface area contributed by atoms with Crippen LogP contribution in [-0.2, 0) is 11.3 Å². The van der Waals surface area contributed by atoms with Crippen molar-refractivity contribution in [1.82, 2.24) is 9.80 Å². The van der Waals surface area contributed by atoms with E-state index in [4.69, 9.17) is 23.2 Å². The van der Waals surface area contributed by atoms with Gasteiger partial charge in [0.25, 0.3) is 5.91 Å². The van der Waals surface area contributed by atoms with Gasteiger partial charge in [0.1, 0.15) is 0 Å². The summed E-state index contributed by atoms with van der Waals surface area (Å²) in [6.07, 6.45) is 0. The predicted molar refractivity (Wildman–Crippen MR) is 115 cm³/mol. The molecule has 0 radical (unpaired) electrons. The summed E-state index contributed by atoms with van der Waals surface area (Å²) in [4.78, 5) is 28.4. The van der Waals surface area contributed by atoms with E-state index in [9.17, 15) is 9.59 Å². The standard InChI is InChI=1S/C21H25Cl2N3O2/c1-4-26(5-2)21(28)15-8-6-10-17(12-15)24-19(27)14-25(3)13-16-9-7-11-18(22)20(16)23/h6-12H,4-5,13-14H2,1-3H3,(H,24,27). The fourth-order valence-corrected chi connectivity index (χ4v) is 3.27. The van der Waals surface area contributed by atoms with E-state index < -0.39 is 0 Å². The van der Waals surface area contributed by atoms with Crippen LogP contribution in [0.25, 0.3) is 0 Å². The number of halogens is 2. The second-order valence-corrected chi connectivity index (χ2v) is 7.28. The highest BCUT2D eigenvalue weighted by Crippen LogP contribution is 2.26. The molecule has 0 fully saturated rings. The Morgan fingerprint density at radius 3 is 2.39 bits per heavy atom. The van der Waals surface area contributed by atoms with Crippen LogP contribution in [0.1, 0.15) is 29.8 Å². The number of likely N-dealkylation sites (N-methyl/N-ethyl adjacent to an activating group) is 1. The first-order valence-corrected chi connectivity index (χ1v) is 9.91. The van der Waals surface area contributed by atoms with Gasteiger partial charge in [-0.1, -0.05) is 41.4 Å². The normalized spacial score (nSPS) is 10.8. The predicted octanol–water partition coefficient (Wildman–Crippen LogP) is 4.55. The average Bonchev–Trinajstić information content (AvgIpc) is 2.66. The SMILES string of the molecule is CCN(CC)C(=O)c1cccc(NC(=O)CN(C)Cc2cccc(Cl)c2Cl)c1. The van der Waals surface area contributed by atoms with Crippen LogP contribution < -0.4 is 5.32 Å². The van der Waals surface area contributed by atoms with E-state index in [1.165, 1.54) is 0 Å². The number of anilines is 1. The van der Waals surface area contributed by atoms with Crippen molar-refractivity contribution in [3.8, 4) is 0 Å². The molecule has 2 amide bonds. The fraction of sp³-hybridized carbons (Fsp3) is 0.333. The number of benzene rings is 2. The lowest BCUT2D eigenvalue weighted by molar-refractivity contribution is -0.117. The van der Waals surface area contributed by atoms with E-state index in [1.807, 2.05) is 37.9 Å². The summed E-state index contributed by atoms with van der Waals surface area (Å²) in [5.41, 5.74) is 2.01. The Hall–Kier alpha value is -2.08. The highest BCUT2D eigenvalue weighted by atomic mass is 35.5. The summed E-state index contributed by atoms with van der Waals surface area (Å²) in [5.74, 6) is -0.220. The summed E-state index contributed by atoms with van der Waals surface area (Å²) in [6, 6.07) is 12.4. The first kappa shape index (κ1) is 22.2. The Labute approximate surface area is 176 Å². The lowest BCUT2D eigenvalue weighted by atomic mass is 10.1. The van der Waals surface area contributed by atoms with Crippen LogP contribution in [0.15, 0.2) is 42.5 Å². The molecule has 0 aliphatic carbocycles. The highest BCUT2D eigenvalue weighted by molar-refractivity contribution is 6.42. The molecule has 0 aliphatic rings. The molecule has 2 aromatic rings. The van der Waals surface area contributed by atoms with Crippen molar-refractivity contribution < 1.29 is 9.59 Å². The Balaban J connectivity index is 1.98. The number of rotatable bonds is 8. The topological polar surface area (TPSA) is 52.7 Å². The summed E-state index contributed by atoms with van der Waals surface area (Å²) in [6.45, 7) is 5.83. The van der Waals surface area contributed by atoms with Crippen molar-refractivity contribution in [2.45, 2.75) is 20.4 Å². The van der Waals surface area contributed by atoms with E-state index in [1.54, 1.807) is 35.2 Å². The van der Waals surface area contributed by atoms with Crippen molar-refractivity contribution in [3.63, 3.8) is 0 Å². The molecule has 1 N–H and O–H groups in total. The van der Waals surface area contributed by atoms with Crippen LogP contribution in [0.4, 0.5) is 5.69 Å². The second kappa shape index (κ2) is 10.5. The number of carbonyl (C=O) groups excluding carboxylic acids is 2. The number of hydrogen-bond acceptors (Lipinski definition) is 3. The van der Waals surface area contributed by atoms with Crippen LogP contribution in [0.5, 0.6) is 0 Å². The number of carbonyl (C=O) groups is 2. The van der Waals surface area contributed by atoms with Crippen molar-refractivity contribution in [2.75, 3.05) is 32.0 Å². The molecule has 0 saturated heterocycles. The molecule has 0 aliphatic heterocycles. The quantitative estimate of drug-likeness (QED) is 0.680. The van der Waals surface area contributed by atoms with Gasteiger partial charge in [-0.15, -0.1) is 0 Å². The summed E-state index contributed by atoms with van der Waals surface area (Å²) in [7, 11) is 1.83. The van der Waals surface area contributed by atoms with Gasteiger partial charge in [0, 0.05) is 30.9 Å². The monoisotopic (exact) mass is 421 g/mol. The van der Waals surface area contributed by atoms with Gasteiger partial charge in [0.05, 0.1) is 16.6 Å². The molecule has 0 saturated carbocycles. The van der Waals surface area contributed by atoms with E-state index in [0.29, 0.717) is 40.9 Å². The largest absolute Gasteiger partial charge is 0.339 e. The summed E-state index contributed by atoms with van der Waals surface area (Å²) < 4.78 is 0. The van der Waals surface area contributed by atoms with Crippen LogP contribution >= 0.6 is 23.2 Å². The third kappa shape index (κ3) is 5.96. The molecule has 2 rings (SSSR count). The van der Waals surface area contributed by atoms with E-state index in [-0.39, 0.29) is 18.4 Å². The van der Waals surface area contributed by atoms with E-state index >= 15 is 0 Å². The molecule has 0 bridgehead atoms. The molecule has 0 heterocycles. The van der Waals surface area contributed by atoms with Gasteiger partial charge in [-0.2, -0.15) is 0 Å². The summed E-state index contributed by atoms with van der Waals surface area (Å²) >= 11 is 12.2. The third-order valence-corrected chi connectivity index (χ3v) is 5.19. The van der Waals surface area contributed by atoms with Gasteiger partial charge in [0.15, 0.2) is 0 Å². The Kier molecular flexibility index (Phi) is 8.30. The molecule has 0 aromatic heterocycles. The molecule has 28 heavy (non-hydrogen) atoms. The van der Waals surface area contributed by atoms with Crippen LogP contribution in [0.2, 0.25) is 10.0 Å². The van der Waals surface area contributed by atoms with E-state index in [2.05, 4.69) is 5.32 Å². The molecule has 150 valence electrons. The first-order valence-electron chi connectivity index (χ1n) is 9.16. The summed E-state index contributed by atoms with van der Waals surface area (Å²) in [5, 5.41) is 3.84. The number of nitrogens with zero attached hydrogens (tertiary/aromatic N) is 2. The molecule has 0 unspecified atom stereocenters. The Bertz CT molecular complexity index is 838. The molecular weight excluding hydrogens is 397 g/mol. The zero-order valence-corrected chi connectivity index (χ0v) is 17.8. The minimum absolute atomic E-state index is 0.0474. The zero-order valence-electron chi connectivity index (χ0n) is 16.3. The first-order chi connectivity index (χ1) is 13.3. The van der Waals surface area contributed by atoms with Crippen molar-refractivity contribution in [3.05, 3.63) is 63.6 Å². The fourth-order valence-electron chi connectivity index (χ4n) is 2.89. The van der Waals surface area contributed by atoms with Gasteiger partial charge in [-0.3, -0.25) is 14.5 Å². The highest BCUT2D eigenvalue weighted by Gasteiger charge is 2.14. The molecule has 0 spiro atoms. The van der Waals surface area contributed by atoms with Crippen LogP contribution in [0, 0.1) is 0 Å².